The molecule has 5 heteroatoms. The molecule has 1 heterocycles. The third-order valence-electron chi connectivity index (χ3n) is 2.16. The van der Waals surface area contributed by atoms with Gasteiger partial charge < -0.3 is 5.73 Å². The van der Waals surface area contributed by atoms with Gasteiger partial charge in [-0.1, -0.05) is 17.7 Å². The number of rotatable bonds is 1. The fourth-order valence-corrected chi connectivity index (χ4v) is 1.63. The molecule has 0 aliphatic rings. The summed E-state index contributed by atoms with van der Waals surface area (Å²) in [5, 5.41) is 4.81. The average Bonchev–Trinajstić information content (AvgIpc) is 2.46. The van der Waals surface area contributed by atoms with Crippen LogP contribution in [0.25, 0.3) is 11.4 Å². The van der Waals surface area contributed by atoms with Gasteiger partial charge in [0.15, 0.2) is 5.82 Å². The molecule has 0 aliphatic carbocycles. The van der Waals surface area contributed by atoms with Crippen LogP contribution in [0.2, 0.25) is 5.02 Å². The third kappa shape index (κ3) is 1.80. The van der Waals surface area contributed by atoms with Crippen LogP contribution in [0.3, 0.4) is 0 Å². The van der Waals surface area contributed by atoms with Crippen molar-refractivity contribution < 1.29 is 0 Å². The number of aryl methyl sites for hydroxylation is 2. The zero-order chi connectivity index (χ0) is 11.0. The second kappa shape index (κ2) is 3.55. The van der Waals surface area contributed by atoms with Crippen LogP contribution < -0.4 is 5.73 Å². The highest BCUT2D eigenvalue weighted by molar-refractivity contribution is 6.33. The molecule has 0 saturated carbocycles. The molecule has 1 aromatic carbocycles. The molecule has 0 atom stereocenters. The Kier molecular flexibility index (Phi) is 2.36. The van der Waals surface area contributed by atoms with Crippen molar-refractivity contribution >= 4 is 17.5 Å². The Bertz CT molecular complexity index is 485. The lowest BCUT2D eigenvalue weighted by Crippen LogP contribution is -1.97. The molecule has 2 N–H and O–H groups in total. The van der Waals surface area contributed by atoms with Gasteiger partial charge in [0.05, 0.1) is 5.02 Å². The standard InChI is InChI=1S/C10H11ClN4/c1-6-3-4-7(8(11)5-6)9-13-10(12)15(2)14-9/h3-5H,1-2H3,(H2,12,13,14). The molecule has 2 rings (SSSR count). The van der Waals surface area contributed by atoms with E-state index in [1.807, 2.05) is 25.1 Å². The van der Waals surface area contributed by atoms with E-state index in [-0.39, 0.29) is 0 Å². The molecule has 0 unspecified atom stereocenters. The first-order chi connectivity index (χ1) is 7.08. The van der Waals surface area contributed by atoms with Crippen molar-refractivity contribution in [3.05, 3.63) is 28.8 Å². The lowest BCUT2D eigenvalue weighted by molar-refractivity contribution is 0.781. The number of hydrogen-bond acceptors (Lipinski definition) is 3. The van der Waals surface area contributed by atoms with Gasteiger partial charge in [-0.05, 0) is 24.6 Å². The first-order valence-electron chi connectivity index (χ1n) is 4.51. The summed E-state index contributed by atoms with van der Waals surface area (Å²) < 4.78 is 1.52. The Morgan fingerprint density at radius 3 is 2.67 bits per heavy atom. The molecule has 0 bridgehead atoms. The lowest BCUT2D eigenvalue weighted by Gasteiger charge is -2.00. The molecule has 1 aromatic heterocycles. The van der Waals surface area contributed by atoms with E-state index in [4.69, 9.17) is 17.3 Å². The minimum atomic E-state index is 0.377. The topological polar surface area (TPSA) is 56.7 Å². The van der Waals surface area contributed by atoms with Crippen molar-refractivity contribution in [2.24, 2.45) is 7.05 Å². The van der Waals surface area contributed by atoms with Crippen molar-refractivity contribution in [2.45, 2.75) is 6.92 Å². The molecule has 0 spiro atoms. The monoisotopic (exact) mass is 222 g/mol. The van der Waals surface area contributed by atoms with Gasteiger partial charge in [-0.25, -0.2) is 4.68 Å². The highest BCUT2D eigenvalue weighted by Gasteiger charge is 2.10. The van der Waals surface area contributed by atoms with E-state index in [0.29, 0.717) is 16.8 Å². The van der Waals surface area contributed by atoms with Gasteiger partial charge in [-0.3, -0.25) is 0 Å². The van der Waals surface area contributed by atoms with E-state index in [1.54, 1.807) is 7.05 Å². The Morgan fingerprint density at radius 1 is 1.40 bits per heavy atom. The average molecular weight is 223 g/mol. The molecule has 0 radical (unpaired) electrons. The predicted octanol–water partition coefficient (Wildman–Crippen LogP) is 2.03. The number of nitrogen functional groups attached to an aromatic ring is 1. The molecule has 0 amide bonds. The predicted molar refractivity (Wildman–Crippen MR) is 60.6 cm³/mol. The summed E-state index contributed by atoms with van der Waals surface area (Å²) in [5.74, 6) is 0.932. The van der Waals surface area contributed by atoms with Crippen LogP contribution in [0.5, 0.6) is 0 Å². The second-order valence-electron chi connectivity index (χ2n) is 3.40. The smallest absolute Gasteiger partial charge is 0.218 e. The van der Waals surface area contributed by atoms with Crippen LogP contribution in [-0.4, -0.2) is 14.8 Å². The number of hydrogen-bond donors (Lipinski definition) is 1. The van der Waals surface area contributed by atoms with E-state index in [0.717, 1.165) is 11.1 Å². The Morgan fingerprint density at radius 2 is 2.13 bits per heavy atom. The summed E-state index contributed by atoms with van der Waals surface area (Å²) in [5.41, 5.74) is 7.51. The maximum absolute atomic E-state index is 6.10. The first-order valence-corrected chi connectivity index (χ1v) is 4.89. The number of nitrogens with two attached hydrogens (primary N) is 1. The normalized spacial score (nSPS) is 10.6. The van der Waals surface area contributed by atoms with Crippen LogP contribution in [0, 0.1) is 6.92 Å². The van der Waals surface area contributed by atoms with Crippen molar-refractivity contribution in [1.82, 2.24) is 14.8 Å². The third-order valence-corrected chi connectivity index (χ3v) is 2.47. The van der Waals surface area contributed by atoms with Gasteiger partial charge >= 0.3 is 0 Å². The van der Waals surface area contributed by atoms with Crippen LogP contribution in [0.4, 0.5) is 5.95 Å². The summed E-state index contributed by atoms with van der Waals surface area (Å²) in [6, 6.07) is 5.74. The number of benzene rings is 1. The zero-order valence-corrected chi connectivity index (χ0v) is 9.28. The van der Waals surface area contributed by atoms with Gasteiger partial charge in [0.25, 0.3) is 0 Å². The number of anilines is 1. The van der Waals surface area contributed by atoms with Gasteiger partial charge in [0.2, 0.25) is 5.95 Å². The van der Waals surface area contributed by atoms with Crippen molar-refractivity contribution in [2.75, 3.05) is 5.73 Å². The molecule has 0 saturated heterocycles. The van der Waals surface area contributed by atoms with E-state index in [2.05, 4.69) is 10.1 Å². The van der Waals surface area contributed by atoms with Gasteiger partial charge in [0.1, 0.15) is 0 Å². The largest absolute Gasteiger partial charge is 0.368 e. The molecule has 78 valence electrons. The van der Waals surface area contributed by atoms with Crippen molar-refractivity contribution in [1.29, 1.82) is 0 Å². The summed E-state index contributed by atoms with van der Waals surface area (Å²) in [6.07, 6.45) is 0. The Hall–Kier alpha value is -1.55. The highest BCUT2D eigenvalue weighted by Crippen LogP contribution is 2.26. The highest BCUT2D eigenvalue weighted by atomic mass is 35.5. The molecule has 15 heavy (non-hydrogen) atoms. The molecular formula is C10H11ClN4. The number of halogens is 1. The van der Waals surface area contributed by atoms with Crippen LogP contribution in [0.15, 0.2) is 18.2 Å². The summed E-state index contributed by atoms with van der Waals surface area (Å²) >= 11 is 6.10. The molecule has 4 nitrogen and oxygen atoms in total. The van der Waals surface area contributed by atoms with Crippen molar-refractivity contribution in [3.63, 3.8) is 0 Å². The fraction of sp³-hybridized carbons (Fsp3) is 0.200. The minimum Gasteiger partial charge on any atom is -0.368 e. The fourth-order valence-electron chi connectivity index (χ4n) is 1.31. The molecular weight excluding hydrogens is 212 g/mol. The number of nitrogens with zero attached hydrogens (tertiary/aromatic N) is 3. The molecule has 2 aromatic rings. The quantitative estimate of drug-likeness (QED) is 0.803. The zero-order valence-electron chi connectivity index (χ0n) is 8.53. The van der Waals surface area contributed by atoms with Crippen LogP contribution in [0.1, 0.15) is 5.56 Å². The van der Waals surface area contributed by atoms with Crippen LogP contribution >= 0.6 is 11.6 Å². The number of aromatic nitrogens is 3. The summed E-state index contributed by atoms with van der Waals surface area (Å²) in [6.45, 7) is 1.98. The van der Waals surface area contributed by atoms with Crippen LogP contribution in [-0.2, 0) is 7.05 Å². The summed E-state index contributed by atoms with van der Waals surface area (Å²) in [7, 11) is 1.74. The SMILES string of the molecule is Cc1ccc(-c2nc(N)n(C)n2)c(Cl)c1. The molecule has 0 fully saturated rings. The van der Waals surface area contributed by atoms with Gasteiger partial charge in [0, 0.05) is 12.6 Å². The molecule has 0 aliphatic heterocycles. The maximum Gasteiger partial charge on any atom is 0.218 e. The van der Waals surface area contributed by atoms with Gasteiger partial charge in [-0.2, -0.15) is 4.98 Å². The Balaban J connectivity index is 2.54. The van der Waals surface area contributed by atoms with E-state index < -0.39 is 0 Å². The minimum absolute atomic E-state index is 0.377. The van der Waals surface area contributed by atoms with E-state index >= 15 is 0 Å². The second-order valence-corrected chi connectivity index (χ2v) is 3.81. The van der Waals surface area contributed by atoms with Crippen molar-refractivity contribution in [3.8, 4) is 11.4 Å². The maximum atomic E-state index is 6.10. The first kappa shape index (κ1) is 9.98. The van der Waals surface area contributed by atoms with Gasteiger partial charge in [-0.15, -0.1) is 5.10 Å². The summed E-state index contributed by atoms with van der Waals surface area (Å²) in [4.78, 5) is 4.12. The van der Waals surface area contributed by atoms with E-state index in [9.17, 15) is 0 Å². The lowest BCUT2D eigenvalue weighted by atomic mass is 10.1. The van der Waals surface area contributed by atoms with E-state index in [1.165, 1.54) is 4.68 Å². The Labute approximate surface area is 92.7 Å².